The van der Waals surface area contributed by atoms with Crippen LogP contribution in [0, 0.1) is 0 Å². The first-order valence-corrected chi connectivity index (χ1v) is 15.0. The molecule has 2 aromatic rings. The number of ether oxygens (including phenoxy) is 2. The van der Waals surface area contributed by atoms with Crippen molar-refractivity contribution in [2.24, 2.45) is 0 Å². The Kier molecular flexibility index (Phi) is 6.46. The molecule has 2 heterocycles. The van der Waals surface area contributed by atoms with Crippen LogP contribution in [0.25, 0.3) is 11.5 Å². The summed E-state index contributed by atoms with van der Waals surface area (Å²) in [6, 6.07) is 3.75. The number of rotatable bonds is 2. The van der Waals surface area contributed by atoms with Gasteiger partial charge < -0.3 is 29.9 Å². The van der Waals surface area contributed by atoms with Crippen molar-refractivity contribution >= 4 is 23.1 Å². The quantitative estimate of drug-likeness (QED) is 0.313. The molecule has 0 aromatic heterocycles. The molecule has 8 nitrogen and oxygen atoms in total. The number of phenolic OH excluding ortho intramolecular Hbond substituents is 2. The molecule has 8 heteroatoms. The van der Waals surface area contributed by atoms with E-state index in [0.717, 1.165) is 11.1 Å². The Hall–Kier alpha value is -3.62. The minimum atomic E-state index is -1.14. The van der Waals surface area contributed by atoms with E-state index in [1.165, 1.54) is 0 Å². The topological polar surface area (TPSA) is 134 Å². The lowest BCUT2D eigenvalue weighted by molar-refractivity contribution is -0.120. The van der Waals surface area contributed by atoms with Crippen LogP contribution in [0.2, 0.25) is 0 Å². The maximum atomic E-state index is 14.0. The highest BCUT2D eigenvalue weighted by atomic mass is 16.5. The smallest absolute Gasteiger partial charge is 0.172 e. The number of hydrogen-bond acceptors (Lipinski definition) is 8. The number of aliphatic hydroxyl groups excluding tert-OH is 2. The maximum Gasteiger partial charge on any atom is 0.172 e. The van der Waals surface area contributed by atoms with Crippen molar-refractivity contribution in [3.8, 4) is 11.5 Å². The number of Topliss-reactive ketones (excluding diaryl/α,β-unsaturated/α-hetero) is 2. The van der Waals surface area contributed by atoms with E-state index in [0.29, 0.717) is 35.1 Å². The normalized spacial score (nSPS) is 27.4. The van der Waals surface area contributed by atoms with Crippen LogP contribution < -0.4 is 0 Å². The molecule has 2 aromatic carbocycles. The second-order valence-corrected chi connectivity index (χ2v) is 13.8. The van der Waals surface area contributed by atoms with Gasteiger partial charge in [0.25, 0.3) is 0 Å². The predicted octanol–water partition coefficient (Wildman–Crippen LogP) is 6.49. The molecule has 0 saturated carbocycles. The van der Waals surface area contributed by atoms with Gasteiger partial charge in [-0.2, -0.15) is 0 Å². The average molecular weight is 589 g/mol. The fraction of sp³-hybridized carbons (Fsp3) is 0.486. The van der Waals surface area contributed by atoms with Gasteiger partial charge in [-0.3, -0.25) is 9.59 Å². The Bertz CT molecular complexity index is 1560. The summed E-state index contributed by atoms with van der Waals surface area (Å²) in [6.07, 6.45) is -0.244. The van der Waals surface area contributed by atoms with Gasteiger partial charge in [-0.25, -0.2) is 0 Å². The van der Waals surface area contributed by atoms with E-state index in [2.05, 4.69) is 0 Å². The van der Waals surface area contributed by atoms with E-state index in [1.807, 2.05) is 39.8 Å². The van der Waals surface area contributed by atoms with Crippen molar-refractivity contribution in [2.45, 2.75) is 110 Å². The molecule has 2 aliphatic carbocycles. The van der Waals surface area contributed by atoms with Crippen LogP contribution in [0.5, 0.6) is 11.5 Å². The summed E-state index contributed by atoms with van der Waals surface area (Å²) in [6.45, 7) is 14.5. The lowest BCUT2D eigenvalue weighted by atomic mass is 9.65. The lowest BCUT2D eigenvalue weighted by Gasteiger charge is -2.38. The van der Waals surface area contributed by atoms with Gasteiger partial charge in [-0.1, -0.05) is 12.1 Å². The molecule has 0 saturated heterocycles. The monoisotopic (exact) mass is 588 g/mol. The van der Waals surface area contributed by atoms with Crippen LogP contribution >= 0.6 is 0 Å². The van der Waals surface area contributed by atoms with E-state index in [-0.39, 0.29) is 52.4 Å². The molecule has 4 atom stereocenters. The third kappa shape index (κ3) is 4.02. The number of allylic oxidation sites excluding steroid dienone is 2. The Labute approximate surface area is 251 Å². The predicted molar refractivity (Wildman–Crippen MR) is 161 cm³/mol. The van der Waals surface area contributed by atoms with Gasteiger partial charge in [-0.15, -0.1) is 0 Å². The van der Waals surface area contributed by atoms with Crippen LogP contribution in [-0.2, 0) is 42.7 Å². The number of carbonyl (C=O) groups excluding carboxylic acids is 2. The van der Waals surface area contributed by atoms with Crippen LogP contribution in [-0.4, -0.2) is 44.2 Å². The zero-order chi connectivity index (χ0) is 31.5. The fourth-order valence-corrected chi connectivity index (χ4v) is 7.76. The summed E-state index contributed by atoms with van der Waals surface area (Å²) < 4.78 is 11.9. The first kappa shape index (κ1) is 29.5. The second kappa shape index (κ2) is 9.44. The van der Waals surface area contributed by atoms with E-state index < -0.39 is 46.1 Å². The maximum absolute atomic E-state index is 14.0. The van der Waals surface area contributed by atoms with Crippen molar-refractivity contribution in [3.05, 3.63) is 67.8 Å². The molecule has 2 aliphatic heterocycles. The van der Waals surface area contributed by atoms with Crippen LogP contribution in [0.15, 0.2) is 23.3 Å². The van der Waals surface area contributed by atoms with Gasteiger partial charge >= 0.3 is 0 Å². The minimum Gasteiger partial charge on any atom is -0.507 e. The van der Waals surface area contributed by atoms with E-state index in [4.69, 9.17) is 9.47 Å². The molecular weight excluding hydrogens is 548 g/mol. The first-order valence-electron chi connectivity index (χ1n) is 15.0. The summed E-state index contributed by atoms with van der Waals surface area (Å²) in [5, 5.41) is 46.2. The Balaban J connectivity index is 1.55. The highest BCUT2D eigenvalue weighted by molar-refractivity contribution is 6.16. The van der Waals surface area contributed by atoms with Crippen LogP contribution in [0.1, 0.15) is 119 Å². The standard InChI is InChI=1S/C35H40O8/c1-14-9-18-11-22-26(30(38)24(18)16(3)42-14)28(36)20(32(40)34(22,5)6)13-21-29(37)27-23(35(7,8)33(21)41)12-19-10-15(2)43-17(4)25(19)31(27)39/h11-12,14-17,36-39H,9-10,13H2,1-8H3/t14-,15-,16+,17+/m1/s1. The SMILES string of the molecule is C[C@@H]1Cc2cc3c(c(O)c2[C@H](C)O1)C(O)=C(CC1=C(O)c2c(cc4c(c2O)[C@H](C)O[C@H](C)C4)C(C)(C)C1=O)C(=O)C3(C)C. The third-order valence-electron chi connectivity index (χ3n) is 9.98. The molecule has 6 rings (SSSR count). The van der Waals surface area contributed by atoms with E-state index in [9.17, 15) is 30.0 Å². The zero-order valence-electron chi connectivity index (χ0n) is 26.0. The molecule has 0 fully saturated rings. The first-order chi connectivity index (χ1) is 20.0. The molecular formula is C35H40O8. The molecule has 0 unspecified atom stereocenters. The Morgan fingerprint density at radius 1 is 0.674 bits per heavy atom. The van der Waals surface area contributed by atoms with Crippen LogP contribution in [0.3, 0.4) is 0 Å². The van der Waals surface area contributed by atoms with Crippen molar-refractivity contribution in [3.63, 3.8) is 0 Å². The van der Waals surface area contributed by atoms with Gasteiger partial charge in [0.15, 0.2) is 11.6 Å². The van der Waals surface area contributed by atoms with Gasteiger partial charge in [-0.05, 0) is 90.5 Å². The zero-order valence-corrected chi connectivity index (χ0v) is 26.0. The molecule has 4 N–H and O–H groups in total. The van der Waals surface area contributed by atoms with E-state index >= 15 is 0 Å². The Morgan fingerprint density at radius 3 is 1.37 bits per heavy atom. The van der Waals surface area contributed by atoms with Crippen molar-refractivity contribution in [1.29, 1.82) is 0 Å². The summed E-state index contributed by atoms with van der Waals surface area (Å²) >= 11 is 0. The fourth-order valence-electron chi connectivity index (χ4n) is 7.76. The number of aliphatic hydroxyl groups is 2. The minimum absolute atomic E-state index is 0.0690. The second-order valence-electron chi connectivity index (χ2n) is 13.8. The average Bonchev–Trinajstić information content (AvgIpc) is 2.89. The van der Waals surface area contributed by atoms with Gasteiger partial charge in [0, 0.05) is 28.7 Å². The molecule has 0 amide bonds. The van der Waals surface area contributed by atoms with Gasteiger partial charge in [0.05, 0.1) is 46.4 Å². The lowest BCUT2D eigenvalue weighted by Crippen LogP contribution is -2.39. The largest absolute Gasteiger partial charge is 0.507 e. The number of phenols is 2. The summed E-state index contributed by atoms with van der Waals surface area (Å²) in [5.41, 5.74) is 1.72. The Morgan fingerprint density at radius 2 is 1.02 bits per heavy atom. The van der Waals surface area contributed by atoms with Crippen molar-refractivity contribution < 1.29 is 39.5 Å². The number of ketones is 2. The van der Waals surface area contributed by atoms with E-state index in [1.54, 1.807) is 27.7 Å². The molecule has 0 radical (unpaired) electrons. The highest BCUT2D eigenvalue weighted by Crippen LogP contribution is 2.53. The van der Waals surface area contributed by atoms with Crippen molar-refractivity contribution in [2.75, 3.05) is 0 Å². The van der Waals surface area contributed by atoms with Gasteiger partial charge in [0.2, 0.25) is 0 Å². The van der Waals surface area contributed by atoms with Crippen LogP contribution in [0.4, 0.5) is 0 Å². The molecule has 43 heavy (non-hydrogen) atoms. The number of benzene rings is 2. The number of aromatic hydroxyl groups is 2. The third-order valence-corrected chi connectivity index (χ3v) is 9.98. The summed E-state index contributed by atoms with van der Waals surface area (Å²) in [7, 11) is 0. The molecule has 4 aliphatic rings. The summed E-state index contributed by atoms with van der Waals surface area (Å²) in [4.78, 5) is 28.1. The molecule has 0 bridgehead atoms. The van der Waals surface area contributed by atoms with Crippen molar-refractivity contribution in [1.82, 2.24) is 0 Å². The molecule has 0 spiro atoms. The molecule has 228 valence electrons. The number of hydrogen-bond donors (Lipinski definition) is 4. The highest BCUT2D eigenvalue weighted by Gasteiger charge is 2.48. The van der Waals surface area contributed by atoms with Gasteiger partial charge in [0.1, 0.15) is 23.0 Å². The summed E-state index contributed by atoms with van der Waals surface area (Å²) in [5.74, 6) is -1.96. The number of carbonyl (C=O) groups is 2. The number of fused-ring (bicyclic) bond motifs is 4.